The molecule has 1 saturated heterocycles. The second kappa shape index (κ2) is 9.77. The molecule has 0 saturated carbocycles. The van der Waals surface area contributed by atoms with Crippen LogP contribution in [-0.4, -0.2) is 73.7 Å². The Morgan fingerprint density at radius 3 is 2.25 bits per heavy atom. The van der Waals surface area contributed by atoms with Crippen LogP contribution in [0.15, 0.2) is 29.3 Å². The lowest BCUT2D eigenvalue weighted by atomic mass is 10.1. The second-order valence-electron chi connectivity index (χ2n) is 6.70. The fraction of sp³-hybridized carbons (Fsp3) is 0.579. The average Bonchev–Trinajstić information content (AvgIpc) is 2.68. The van der Waals surface area contributed by atoms with E-state index >= 15 is 0 Å². The fourth-order valence-electron chi connectivity index (χ4n) is 3.08. The maximum Gasteiger partial charge on any atom is 0.403 e. The number of nitrogens with one attached hydrogen (secondary N) is 2. The van der Waals surface area contributed by atoms with E-state index in [0.717, 1.165) is 5.56 Å². The van der Waals surface area contributed by atoms with Gasteiger partial charge in [-0.3, -0.25) is 14.7 Å². The second-order valence-corrected chi connectivity index (χ2v) is 6.70. The molecular weight excluding hydrogens is 371 g/mol. The van der Waals surface area contributed by atoms with Crippen LogP contribution in [0.3, 0.4) is 0 Å². The van der Waals surface area contributed by atoms with Crippen molar-refractivity contribution >= 4 is 11.9 Å². The average molecular weight is 399 g/mol. The van der Waals surface area contributed by atoms with Crippen LogP contribution in [0, 0.1) is 0 Å². The minimum absolute atomic E-state index is 0.108. The predicted octanol–water partition coefficient (Wildman–Crippen LogP) is 2.08. The van der Waals surface area contributed by atoms with Gasteiger partial charge in [-0.25, -0.2) is 0 Å². The normalized spacial score (nSPS) is 17.4. The zero-order valence-corrected chi connectivity index (χ0v) is 16.5. The zero-order chi connectivity index (χ0) is 20.7. The number of benzene rings is 1. The number of nitrogens with zero attached hydrogens (tertiary/aromatic N) is 3. The van der Waals surface area contributed by atoms with E-state index in [2.05, 4.69) is 15.6 Å². The Morgan fingerprint density at radius 1 is 1.14 bits per heavy atom. The van der Waals surface area contributed by atoms with Gasteiger partial charge in [0, 0.05) is 51.9 Å². The van der Waals surface area contributed by atoms with E-state index in [0.29, 0.717) is 50.8 Å². The molecule has 0 bridgehead atoms. The predicted molar refractivity (Wildman–Crippen MR) is 103 cm³/mol. The number of hydrogen-bond donors (Lipinski definition) is 2. The molecule has 2 rings (SSSR count). The lowest BCUT2D eigenvalue weighted by Crippen LogP contribution is -2.56. The highest BCUT2D eigenvalue weighted by Gasteiger charge is 2.41. The quantitative estimate of drug-likeness (QED) is 0.588. The summed E-state index contributed by atoms with van der Waals surface area (Å²) in [5.41, 5.74) is 1.59. The number of carbonyl (C=O) groups excluding carboxylic acids is 1. The number of halogens is 3. The third-order valence-corrected chi connectivity index (χ3v) is 4.85. The molecular formula is C19H28F3N5O. The number of rotatable bonds is 5. The van der Waals surface area contributed by atoms with Crippen molar-refractivity contribution < 1.29 is 18.0 Å². The van der Waals surface area contributed by atoms with Gasteiger partial charge in [-0.15, -0.1) is 0 Å². The van der Waals surface area contributed by atoms with E-state index < -0.39 is 12.2 Å². The third-order valence-electron chi connectivity index (χ3n) is 4.85. The topological polar surface area (TPSA) is 60.0 Å². The Bertz CT molecular complexity index is 667. The van der Waals surface area contributed by atoms with Crippen molar-refractivity contribution in [3.63, 3.8) is 0 Å². The van der Waals surface area contributed by atoms with Crippen LogP contribution in [-0.2, 0) is 6.54 Å². The van der Waals surface area contributed by atoms with Crippen LogP contribution >= 0.6 is 0 Å². The molecule has 6 nitrogen and oxygen atoms in total. The number of guanidine groups is 1. The Hall–Kier alpha value is -2.29. The molecule has 9 heteroatoms. The van der Waals surface area contributed by atoms with E-state index in [4.69, 9.17) is 0 Å². The smallest absolute Gasteiger partial charge is 0.352 e. The van der Waals surface area contributed by atoms with Crippen LogP contribution in [0.25, 0.3) is 0 Å². The third kappa shape index (κ3) is 5.85. The van der Waals surface area contributed by atoms with Gasteiger partial charge in [0.1, 0.15) is 6.04 Å². The van der Waals surface area contributed by atoms with E-state index in [-0.39, 0.29) is 5.91 Å². The van der Waals surface area contributed by atoms with Crippen molar-refractivity contribution in [2.24, 2.45) is 4.99 Å². The van der Waals surface area contributed by atoms with Crippen molar-refractivity contribution in [3.8, 4) is 0 Å². The van der Waals surface area contributed by atoms with Gasteiger partial charge in [0.2, 0.25) is 0 Å². The van der Waals surface area contributed by atoms with E-state index in [1.165, 1.54) is 11.8 Å². The largest absolute Gasteiger partial charge is 0.403 e. The molecule has 0 radical (unpaired) electrons. The first-order chi connectivity index (χ1) is 13.3. The van der Waals surface area contributed by atoms with Crippen molar-refractivity contribution in [3.05, 3.63) is 35.4 Å². The highest BCUT2D eigenvalue weighted by Crippen LogP contribution is 2.25. The highest BCUT2D eigenvalue weighted by atomic mass is 19.4. The zero-order valence-electron chi connectivity index (χ0n) is 16.5. The molecule has 0 aliphatic carbocycles. The van der Waals surface area contributed by atoms with Gasteiger partial charge in [0.05, 0.1) is 0 Å². The van der Waals surface area contributed by atoms with Crippen LogP contribution in [0.1, 0.15) is 29.8 Å². The van der Waals surface area contributed by atoms with Crippen LogP contribution in [0.2, 0.25) is 0 Å². The molecule has 2 N–H and O–H groups in total. The summed E-state index contributed by atoms with van der Waals surface area (Å²) in [7, 11) is 1.66. The molecule has 0 spiro atoms. The molecule has 156 valence electrons. The summed E-state index contributed by atoms with van der Waals surface area (Å²) in [6, 6.07) is 5.83. The van der Waals surface area contributed by atoms with Crippen molar-refractivity contribution in [1.82, 2.24) is 20.4 Å². The molecule has 28 heavy (non-hydrogen) atoms. The van der Waals surface area contributed by atoms with Gasteiger partial charge in [-0.05, 0) is 31.5 Å². The number of hydrogen-bond acceptors (Lipinski definition) is 3. The number of piperazine rings is 1. The fourth-order valence-corrected chi connectivity index (χ4v) is 3.08. The summed E-state index contributed by atoms with van der Waals surface area (Å²) in [5, 5.41) is 5.99. The molecule has 1 heterocycles. The first-order valence-corrected chi connectivity index (χ1v) is 9.39. The first kappa shape index (κ1) is 22.0. The molecule has 1 fully saturated rings. The van der Waals surface area contributed by atoms with Crippen molar-refractivity contribution in [2.75, 3.05) is 39.8 Å². The van der Waals surface area contributed by atoms with Gasteiger partial charge in [-0.2, -0.15) is 13.2 Å². The van der Waals surface area contributed by atoms with Gasteiger partial charge >= 0.3 is 6.18 Å². The standard InChI is InChI=1S/C19H28F3N5O/c1-4-24-17(28)16-7-5-15(6-8-16)13-25-18(23-3)27-11-9-26(10-12-27)14(2)19(20,21)22/h5-8,14H,4,9-13H2,1-3H3,(H,23,25)(H,24,28). The monoisotopic (exact) mass is 399 g/mol. The molecule has 1 aliphatic rings. The minimum atomic E-state index is -4.21. The summed E-state index contributed by atoms with van der Waals surface area (Å²) >= 11 is 0. The molecule has 1 amide bonds. The van der Waals surface area contributed by atoms with Crippen molar-refractivity contribution in [1.29, 1.82) is 0 Å². The van der Waals surface area contributed by atoms with Crippen LogP contribution in [0.4, 0.5) is 13.2 Å². The van der Waals surface area contributed by atoms with Crippen molar-refractivity contribution in [2.45, 2.75) is 32.6 Å². The summed E-state index contributed by atoms with van der Waals surface area (Å²) in [6.07, 6.45) is -4.21. The molecule has 1 aromatic rings. The Labute approximate surface area is 163 Å². The Morgan fingerprint density at radius 2 is 1.75 bits per heavy atom. The summed E-state index contributed by atoms with van der Waals surface area (Å²) in [5.74, 6) is 0.552. The SMILES string of the molecule is CCNC(=O)c1ccc(CNC(=NC)N2CCN(C(C)C(F)(F)F)CC2)cc1. The number of aliphatic imine (C=N–C) groups is 1. The van der Waals surface area contributed by atoms with E-state index in [1.54, 1.807) is 19.2 Å². The summed E-state index contributed by atoms with van der Waals surface area (Å²) < 4.78 is 38.6. The molecule has 1 aromatic carbocycles. The van der Waals surface area contributed by atoms with Gasteiger partial charge in [0.15, 0.2) is 5.96 Å². The Balaban J connectivity index is 1.86. The van der Waals surface area contributed by atoms with Crippen LogP contribution in [0.5, 0.6) is 0 Å². The lowest BCUT2D eigenvalue weighted by Gasteiger charge is -2.39. The number of carbonyl (C=O) groups is 1. The maximum atomic E-state index is 12.9. The summed E-state index contributed by atoms with van der Waals surface area (Å²) in [6.45, 7) is 5.80. The Kier molecular flexibility index (Phi) is 7.68. The molecule has 1 atom stereocenters. The lowest BCUT2D eigenvalue weighted by molar-refractivity contribution is -0.181. The van der Waals surface area contributed by atoms with Gasteiger partial charge in [0.25, 0.3) is 5.91 Å². The van der Waals surface area contributed by atoms with Crippen LogP contribution < -0.4 is 10.6 Å². The highest BCUT2D eigenvalue weighted by molar-refractivity contribution is 5.94. The first-order valence-electron chi connectivity index (χ1n) is 9.39. The minimum Gasteiger partial charge on any atom is -0.352 e. The van der Waals surface area contributed by atoms with E-state index in [9.17, 15) is 18.0 Å². The molecule has 1 unspecified atom stereocenters. The van der Waals surface area contributed by atoms with E-state index in [1.807, 2.05) is 24.0 Å². The number of alkyl halides is 3. The summed E-state index contributed by atoms with van der Waals surface area (Å²) in [4.78, 5) is 19.4. The maximum absolute atomic E-state index is 12.9. The van der Waals surface area contributed by atoms with Gasteiger partial charge < -0.3 is 15.5 Å². The molecule has 0 aromatic heterocycles. The molecule has 1 aliphatic heterocycles. The number of amides is 1. The van der Waals surface area contributed by atoms with Gasteiger partial charge in [-0.1, -0.05) is 12.1 Å².